The van der Waals surface area contributed by atoms with E-state index in [0.29, 0.717) is 0 Å². The summed E-state index contributed by atoms with van der Waals surface area (Å²) in [6, 6.07) is 3.90. The third-order valence-corrected chi connectivity index (χ3v) is 3.84. The van der Waals surface area contributed by atoms with Crippen LogP contribution in [-0.2, 0) is 13.0 Å². The van der Waals surface area contributed by atoms with Crippen LogP contribution in [0, 0.1) is 0 Å². The van der Waals surface area contributed by atoms with Crippen LogP contribution in [0.4, 0.5) is 0 Å². The van der Waals surface area contributed by atoms with Crippen LogP contribution in [0.5, 0.6) is 11.5 Å². The Labute approximate surface area is 132 Å². The average molecular weight is 355 g/mol. The highest BCUT2D eigenvalue weighted by atomic mass is 79.9. The maximum absolute atomic E-state index is 5.32. The van der Waals surface area contributed by atoms with Crippen molar-refractivity contribution in [1.82, 2.24) is 20.5 Å². The number of halogens is 1. The summed E-state index contributed by atoms with van der Waals surface area (Å²) < 4.78 is 11.6. The Kier molecular flexibility index (Phi) is 6.01. The summed E-state index contributed by atoms with van der Waals surface area (Å²) in [6.45, 7) is 1.67. The van der Waals surface area contributed by atoms with Gasteiger partial charge in [-0.1, -0.05) is 15.9 Å². The number of hydrogen-bond donors (Lipinski definition) is 2. The summed E-state index contributed by atoms with van der Waals surface area (Å²) in [5.74, 6) is 2.38. The minimum Gasteiger partial charge on any atom is -0.493 e. The lowest BCUT2D eigenvalue weighted by Gasteiger charge is -2.12. The molecule has 0 radical (unpaired) electrons. The Bertz CT molecular complexity index is 560. The maximum atomic E-state index is 5.32. The number of aryl methyl sites for hydroxylation is 1. The van der Waals surface area contributed by atoms with Crippen LogP contribution < -0.4 is 14.8 Å². The third-order valence-electron chi connectivity index (χ3n) is 3.10. The standard InChI is InChI=1S/C14H19BrN4O2/c1-20-12-6-10(11(15)7-13(12)21-2)8-16-5-3-4-14-17-9-18-19-14/h6-7,9,16H,3-5,8H2,1-2H3,(H,17,18,19). The molecule has 0 aliphatic carbocycles. The van der Waals surface area contributed by atoms with E-state index < -0.39 is 0 Å². The van der Waals surface area contributed by atoms with E-state index in [1.807, 2.05) is 12.1 Å². The van der Waals surface area contributed by atoms with Gasteiger partial charge in [-0.2, -0.15) is 5.10 Å². The molecule has 2 N–H and O–H groups in total. The SMILES string of the molecule is COc1cc(Br)c(CNCCCc2ncn[nH]2)cc1OC. The van der Waals surface area contributed by atoms with Gasteiger partial charge in [0.05, 0.1) is 14.2 Å². The molecule has 1 aromatic heterocycles. The number of nitrogens with one attached hydrogen (secondary N) is 2. The van der Waals surface area contributed by atoms with Crippen molar-refractivity contribution in [3.63, 3.8) is 0 Å². The fourth-order valence-electron chi connectivity index (χ4n) is 1.99. The van der Waals surface area contributed by atoms with Crippen LogP contribution >= 0.6 is 15.9 Å². The zero-order chi connectivity index (χ0) is 15.1. The van der Waals surface area contributed by atoms with Gasteiger partial charge >= 0.3 is 0 Å². The van der Waals surface area contributed by atoms with E-state index in [0.717, 1.165) is 53.3 Å². The molecule has 0 spiro atoms. The fraction of sp³-hybridized carbons (Fsp3) is 0.429. The number of rotatable bonds is 8. The molecule has 114 valence electrons. The molecule has 6 nitrogen and oxygen atoms in total. The van der Waals surface area contributed by atoms with Gasteiger partial charge in [0.2, 0.25) is 0 Å². The highest BCUT2D eigenvalue weighted by Crippen LogP contribution is 2.33. The number of aromatic amines is 1. The Morgan fingerprint density at radius 3 is 2.67 bits per heavy atom. The minimum absolute atomic E-state index is 0.721. The lowest BCUT2D eigenvalue weighted by Crippen LogP contribution is -2.16. The van der Waals surface area contributed by atoms with Crippen molar-refractivity contribution in [2.45, 2.75) is 19.4 Å². The van der Waals surface area contributed by atoms with Crippen molar-refractivity contribution in [3.8, 4) is 11.5 Å². The van der Waals surface area contributed by atoms with Crippen molar-refractivity contribution in [2.24, 2.45) is 0 Å². The Balaban J connectivity index is 1.82. The van der Waals surface area contributed by atoms with Crippen LogP contribution in [0.15, 0.2) is 22.9 Å². The third kappa shape index (κ3) is 4.44. The van der Waals surface area contributed by atoms with Gasteiger partial charge in [-0.05, 0) is 30.7 Å². The lowest BCUT2D eigenvalue weighted by atomic mass is 10.2. The first-order valence-corrected chi connectivity index (χ1v) is 7.49. The van der Waals surface area contributed by atoms with E-state index in [-0.39, 0.29) is 0 Å². The van der Waals surface area contributed by atoms with E-state index in [2.05, 4.69) is 36.4 Å². The monoisotopic (exact) mass is 354 g/mol. The number of methoxy groups -OCH3 is 2. The van der Waals surface area contributed by atoms with Crippen LogP contribution in [-0.4, -0.2) is 35.9 Å². The number of aromatic nitrogens is 3. The molecule has 0 saturated carbocycles. The fourth-order valence-corrected chi connectivity index (χ4v) is 2.45. The smallest absolute Gasteiger partial charge is 0.161 e. The van der Waals surface area contributed by atoms with Crippen LogP contribution in [0.1, 0.15) is 17.8 Å². The highest BCUT2D eigenvalue weighted by molar-refractivity contribution is 9.10. The summed E-state index contributed by atoms with van der Waals surface area (Å²) in [4.78, 5) is 4.10. The number of H-pyrrole nitrogens is 1. The van der Waals surface area contributed by atoms with E-state index in [9.17, 15) is 0 Å². The van der Waals surface area contributed by atoms with Crippen molar-refractivity contribution >= 4 is 15.9 Å². The van der Waals surface area contributed by atoms with Crippen LogP contribution in [0.2, 0.25) is 0 Å². The van der Waals surface area contributed by atoms with Crippen molar-refractivity contribution < 1.29 is 9.47 Å². The first-order chi connectivity index (χ1) is 10.2. The topological polar surface area (TPSA) is 72.1 Å². The molecular formula is C14H19BrN4O2. The molecule has 1 heterocycles. The van der Waals surface area contributed by atoms with E-state index in [1.54, 1.807) is 14.2 Å². The largest absolute Gasteiger partial charge is 0.493 e. The van der Waals surface area contributed by atoms with E-state index in [1.165, 1.54) is 6.33 Å². The van der Waals surface area contributed by atoms with Gasteiger partial charge < -0.3 is 14.8 Å². The Morgan fingerprint density at radius 2 is 2.00 bits per heavy atom. The second-order valence-corrected chi connectivity index (χ2v) is 5.37. The molecule has 2 aromatic rings. The zero-order valence-electron chi connectivity index (χ0n) is 12.1. The highest BCUT2D eigenvalue weighted by Gasteiger charge is 2.09. The minimum atomic E-state index is 0.721. The Hall–Kier alpha value is -1.60. The molecule has 1 aromatic carbocycles. The number of benzene rings is 1. The number of ether oxygens (including phenoxy) is 2. The van der Waals surface area contributed by atoms with Gasteiger partial charge in [0.25, 0.3) is 0 Å². The molecule has 0 amide bonds. The first-order valence-electron chi connectivity index (χ1n) is 6.70. The molecule has 0 atom stereocenters. The molecule has 7 heteroatoms. The zero-order valence-corrected chi connectivity index (χ0v) is 13.7. The molecule has 21 heavy (non-hydrogen) atoms. The maximum Gasteiger partial charge on any atom is 0.161 e. The van der Waals surface area contributed by atoms with Crippen LogP contribution in [0.25, 0.3) is 0 Å². The van der Waals surface area contributed by atoms with Gasteiger partial charge in [0, 0.05) is 17.4 Å². The number of nitrogens with zero attached hydrogens (tertiary/aromatic N) is 2. The van der Waals surface area contributed by atoms with Crippen LogP contribution in [0.3, 0.4) is 0 Å². The van der Waals surface area contributed by atoms with Crippen molar-refractivity contribution in [1.29, 1.82) is 0 Å². The second-order valence-electron chi connectivity index (χ2n) is 4.51. The van der Waals surface area contributed by atoms with Crippen molar-refractivity contribution in [3.05, 3.63) is 34.3 Å². The van der Waals surface area contributed by atoms with Crippen molar-refractivity contribution in [2.75, 3.05) is 20.8 Å². The molecule has 2 rings (SSSR count). The number of hydrogen-bond acceptors (Lipinski definition) is 5. The summed E-state index contributed by atoms with van der Waals surface area (Å²) in [5.41, 5.74) is 1.13. The Morgan fingerprint density at radius 1 is 1.24 bits per heavy atom. The molecular weight excluding hydrogens is 336 g/mol. The molecule has 0 fully saturated rings. The van der Waals surface area contributed by atoms with Gasteiger partial charge in [0.1, 0.15) is 12.2 Å². The van der Waals surface area contributed by atoms with Gasteiger partial charge in [0.15, 0.2) is 11.5 Å². The molecule has 0 aliphatic heterocycles. The van der Waals surface area contributed by atoms with E-state index >= 15 is 0 Å². The average Bonchev–Trinajstić information content (AvgIpc) is 3.01. The molecule has 0 aliphatic rings. The van der Waals surface area contributed by atoms with E-state index in [4.69, 9.17) is 9.47 Å². The lowest BCUT2D eigenvalue weighted by molar-refractivity contribution is 0.354. The van der Waals surface area contributed by atoms with Gasteiger partial charge in [-0.15, -0.1) is 0 Å². The molecule has 0 unspecified atom stereocenters. The predicted molar refractivity (Wildman–Crippen MR) is 83.7 cm³/mol. The predicted octanol–water partition coefficient (Wildman–Crippen LogP) is 2.31. The summed E-state index contributed by atoms with van der Waals surface area (Å²) >= 11 is 3.55. The molecule has 0 saturated heterocycles. The second kappa shape index (κ2) is 7.99. The summed E-state index contributed by atoms with van der Waals surface area (Å²) in [5, 5.41) is 10.1. The normalized spacial score (nSPS) is 10.6. The van der Waals surface area contributed by atoms with Gasteiger partial charge in [-0.3, -0.25) is 5.10 Å². The first kappa shape index (κ1) is 15.8. The van der Waals surface area contributed by atoms with Gasteiger partial charge in [-0.25, -0.2) is 4.98 Å². The summed E-state index contributed by atoms with van der Waals surface area (Å²) in [6.07, 6.45) is 3.42. The quantitative estimate of drug-likeness (QED) is 0.711. The summed E-state index contributed by atoms with van der Waals surface area (Å²) in [7, 11) is 3.27. The molecule has 0 bridgehead atoms.